The molecule has 20 heavy (non-hydrogen) atoms. The second-order valence-corrected chi connectivity index (χ2v) is 8.13. The Morgan fingerprint density at radius 3 is 2.00 bits per heavy atom. The van der Waals surface area contributed by atoms with Gasteiger partial charge in [-0.1, -0.05) is 78.6 Å². The number of thiol groups is 1. The minimum absolute atomic E-state index is 0.590. The van der Waals surface area contributed by atoms with Gasteiger partial charge in [0.2, 0.25) is 0 Å². The van der Waals surface area contributed by atoms with Gasteiger partial charge in [0.15, 0.2) is 0 Å². The van der Waals surface area contributed by atoms with Crippen molar-refractivity contribution in [1.29, 1.82) is 0 Å². The van der Waals surface area contributed by atoms with E-state index in [1.165, 1.54) is 77.0 Å². The molecule has 1 heteroatoms. The molecule has 3 unspecified atom stereocenters. The van der Waals surface area contributed by atoms with Crippen LogP contribution < -0.4 is 0 Å². The van der Waals surface area contributed by atoms with Crippen molar-refractivity contribution in [2.24, 2.45) is 17.8 Å². The molecule has 0 N–H and O–H groups in total. The van der Waals surface area contributed by atoms with Crippen LogP contribution in [0.1, 0.15) is 97.8 Å². The highest BCUT2D eigenvalue weighted by molar-refractivity contribution is 7.80. The minimum Gasteiger partial charge on any atom is -0.176 e. The summed E-state index contributed by atoms with van der Waals surface area (Å²) in [5.74, 6) is 2.87. The monoisotopic (exact) mass is 298 g/mol. The van der Waals surface area contributed by atoms with Crippen molar-refractivity contribution in [1.82, 2.24) is 0 Å². The van der Waals surface area contributed by atoms with E-state index in [1.807, 2.05) is 0 Å². The Morgan fingerprint density at radius 2 is 1.55 bits per heavy atom. The Hall–Kier alpha value is 0.350. The molecule has 0 aromatic carbocycles. The van der Waals surface area contributed by atoms with E-state index in [1.54, 1.807) is 0 Å². The smallest absolute Gasteiger partial charge is 0.00168 e. The summed E-state index contributed by atoms with van der Waals surface area (Å²) < 4.78 is 0. The van der Waals surface area contributed by atoms with Gasteiger partial charge in [-0.25, -0.2) is 0 Å². The summed E-state index contributed by atoms with van der Waals surface area (Å²) in [5.41, 5.74) is 0. The maximum Gasteiger partial charge on any atom is 0.00168 e. The van der Waals surface area contributed by atoms with E-state index in [2.05, 4.69) is 20.8 Å². The lowest BCUT2D eigenvalue weighted by molar-refractivity contribution is 0.152. The Bertz CT molecular complexity index is 224. The quantitative estimate of drug-likeness (QED) is 0.294. The Labute approximate surface area is 133 Å². The molecule has 0 bridgehead atoms. The fourth-order valence-electron chi connectivity index (χ4n) is 3.57. The predicted molar refractivity (Wildman–Crippen MR) is 95.7 cm³/mol. The minimum atomic E-state index is 0.590. The first kappa shape index (κ1) is 18.4. The van der Waals surface area contributed by atoms with Gasteiger partial charge in [0.25, 0.3) is 0 Å². The lowest BCUT2D eigenvalue weighted by Gasteiger charge is -2.37. The zero-order valence-corrected chi connectivity index (χ0v) is 15.1. The van der Waals surface area contributed by atoms with Crippen LogP contribution >= 0.6 is 12.6 Å². The maximum atomic E-state index is 4.74. The first-order chi connectivity index (χ1) is 9.65. The number of hydrogen-bond acceptors (Lipinski definition) is 1. The maximum absolute atomic E-state index is 4.74. The van der Waals surface area contributed by atoms with E-state index >= 15 is 0 Å². The fraction of sp³-hybridized carbons (Fsp3) is 1.00. The molecule has 1 aliphatic rings. The summed E-state index contributed by atoms with van der Waals surface area (Å²) in [6.07, 6.45) is 17.3. The Kier molecular flexibility index (Phi) is 10.1. The van der Waals surface area contributed by atoms with Crippen LogP contribution in [0.2, 0.25) is 0 Å². The van der Waals surface area contributed by atoms with Crippen LogP contribution in [0.25, 0.3) is 0 Å². The molecule has 0 radical (unpaired) electrons. The van der Waals surface area contributed by atoms with Crippen LogP contribution in [0.15, 0.2) is 0 Å². The second-order valence-electron chi connectivity index (χ2n) is 7.31. The van der Waals surface area contributed by atoms with Crippen molar-refractivity contribution >= 4 is 12.6 Å². The van der Waals surface area contributed by atoms with Gasteiger partial charge in [0, 0.05) is 5.25 Å². The molecule has 0 amide bonds. The molecule has 0 aromatic rings. The predicted octanol–water partition coefficient (Wildman–Crippen LogP) is 6.89. The number of rotatable bonds is 12. The van der Waals surface area contributed by atoms with Gasteiger partial charge < -0.3 is 0 Å². The zero-order chi connectivity index (χ0) is 14.8. The van der Waals surface area contributed by atoms with Crippen LogP contribution in [0.5, 0.6) is 0 Å². The highest BCUT2D eigenvalue weighted by Crippen LogP contribution is 2.40. The van der Waals surface area contributed by atoms with Crippen molar-refractivity contribution in [2.45, 2.75) is 103 Å². The zero-order valence-electron chi connectivity index (χ0n) is 14.2. The van der Waals surface area contributed by atoms with Crippen molar-refractivity contribution < 1.29 is 0 Å². The van der Waals surface area contributed by atoms with Gasteiger partial charge in [-0.15, -0.1) is 0 Å². The van der Waals surface area contributed by atoms with Crippen molar-refractivity contribution in [3.05, 3.63) is 0 Å². The van der Waals surface area contributed by atoms with Gasteiger partial charge in [-0.3, -0.25) is 0 Å². The van der Waals surface area contributed by atoms with E-state index in [0.29, 0.717) is 5.25 Å². The Balaban J connectivity index is 2.01. The molecule has 4 atom stereocenters. The molecular weight excluding hydrogens is 260 g/mol. The second kappa shape index (κ2) is 11.0. The summed E-state index contributed by atoms with van der Waals surface area (Å²) in [6.45, 7) is 7.04. The fourth-order valence-corrected chi connectivity index (χ4v) is 3.84. The molecular formula is C19H38S. The molecule has 1 rings (SSSR count). The van der Waals surface area contributed by atoms with Crippen LogP contribution in [0, 0.1) is 17.8 Å². The summed E-state index contributed by atoms with van der Waals surface area (Å²) in [6, 6.07) is 0. The molecule has 120 valence electrons. The van der Waals surface area contributed by atoms with Crippen LogP contribution in [-0.2, 0) is 0 Å². The molecule has 0 aromatic heterocycles. The molecule has 1 saturated carbocycles. The van der Waals surface area contributed by atoms with E-state index in [4.69, 9.17) is 12.6 Å². The summed E-state index contributed by atoms with van der Waals surface area (Å²) in [7, 11) is 0. The molecule has 1 aliphatic carbocycles. The third kappa shape index (κ3) is 7.38. The van der Waals surface area contributed by atoms with Gasteiger partial charge >= 0.3 is 0 Å². The topological polar surface area (TPSA) is 0 Å². The molecule has 0 saturated heterocycles. The van der Waals surface area contributed by atoms with E-state index in [0.717, 1.165) is 17.8 Å². The first-order valence-corrected chi connectivity index (χ1v) is 9.84. The lowest BCUT2D eigenvalue weighted by Crippen LogP contribution is -2.27. The van der Waals surface area contributed by atoms with Crippen LogP contribution in [0.3, 0.4) is 0 Å². The summed E-state index contributed by atoms with van der Waals surface area (Å²) in [4.78, 5) is 0. The molecule has 1 fully saturated rings. The number of hydrogen-bond donors (Lipinski definition) is 1. The Morgan fingerprint density at radius 1 is 0.950 bits per heavy atom. The van der Waals surface area contributed by atoms with Gasteiger partial charge in [-0.05, 0) is 37.0 Å². The van der Waals surface area contributed by atoms with Crippen molar-refractivity contribution in [3.63, 3.8) is 0 Å². The highest BCUT2D eigenvalue weighted by Gasteiger charge is 2.29. The largest absolute Gasteiger partial charge is 0.176 e. The normalized spacial score (nSPS) is 25.2. The molecule has 0 aliphatic heterocycles. The lowest BCUT2D eigenvalue weighted by atomic mass is 9.69. The van der Waals surface area contributed by atoms with Crippen LogP contribution in [0.4, 0.5) is 0 Å². The SMILES string of the molecule is CCCCCCCCCCC(CC1CCC1C)[C@@H](C)S. The van der Waals surface area contributed by atoms with Gasteiger partial charge in [-0.2, -0.15) is 12.6 Å². The standard InChI is InChI=1S/C19H38S/c1-4-5-6-7-8-9-10-11-12-19(17(3)20)15-18-14-13-16(18)2/h16-20H,4-15H2,1-3H3/t16?,17-,18?,19?/m1/s1. The summed E-state index contributed by atoms with van der Waals surface area (Å²) >= 11 is 4.74. The third-order valence-electron chi connectivity index (χ3n) is 5.51. The van der Waals surface area contributed by atoms with E-state index < -0.39 is 0 Å². The summed E-state index contributed by atoms with van der Waals surface area (Å²) in [5, 5.41) is 0.590. The van der Waals surface area contributed by atoms with Crippen molar-refractivity contribution in [2.75, 3.05) is 0 Å². The molecule has 0 heterocycles. The average molecular weight is 299 g/mol. The first-order valence-electron chi connectivity index (χ1n) is 9.33. The third-order valence-corrected chi connectivity index (χ3v) is 5.94. The van der Waals surface area contributed by atoms with Gasteiger partial charge in [0.05, 0.1) is 0 Å². The van der Waals surface area contributed by atoms with Crippen LogP contribution in [-0.4, -0.2) is 5.25 Å². The highest BCUT2D eigenvalue weighted by atomic mass is 32.1. The molecule has 0 spiro atoms. The van der Waals surface area contributed by atoms with E-state index in [9.17, 15) is 0 Å². The number of unbranched alkanes of at least 4 members (excludes halogenated alkanes) is 7. The van der Waals surface area contributed by atoms with Crippen molar-refractivity contribution in [3.8, 4) is 0 Å². The average Bonchev–Trinajstić information content (AvgIpc) is 2.42. The molecule has 0 nitrogen and oxygen atoms in total. The van der Waals surface area contributed by atoms with E-state index in [-0.39, 0.29) is 0 Å². The van der Waals surface area contributed by atoms with Gasteiger partial charge in [0.1, 0.15) is 0 Å².